The van der Waals surface area contributed by atoms with Gasteiger partial charge < -0.3 is 0 Å². The van der Waals surface area contributed by atoms with Crippen molar-refractivity contribution in [3.8, 4) is 0 Å². The van der Waals surface area contributed by atoms with Crippen LogP contribution >= 0.6 is 15.9 Å². The third kappa shape index (κ3) is 3.39. The van der Waals surface area contributed by atoms with Crippen molar-refractivity contribution in [2.75, 3.05) is 12.4 Å². The molecule has 1 aromatic carbocycles. The highest BCUT2D eigenvalue weighted by Gasteiger charge is 2.07. The van der Waals surface area contributed by atoms with Crippen molar-refractivity contribution in [3.63, 3.8) is 0 Å². The quantitative estimate of drug-likeness (QED) is 0.752. The van der Waals surface area contributed by atoms with Crippen molar-refractivity contribution in [1.82, 2.24) is 4.90 Å². The van der Waals surface area contributed by atoms with E-state index in [1.165, 1.54) is 12.1 Å². The fraction of sp³-hybridized carbons (Fsp3) is 0.455. The fourth-order valence-corrected chi connectivity index (χ4v) is 1.65. The first-order valence-electron chi connectivity index (χ1n) is 4.64. The van der Waals surface area contributed by atoms with E-state index in [9.17, 15) is 4.39 Å². The first kappa shape index (κ1) is 11.7. The molecular formula is C11H15BrFN. The van der Waals surface area contributed by atoms with E-state index in [4.69, 9.17) is 0 Å². The molecule has 0 aliphatic heterocycles. The number of benzene rings is 1. The highest BCUT2D eigenvalue weighted by molar-refractivity contribution is 9.09. The summed E-state index contributed by atoms with van der Waals surface area (Å²) in [6, 6.07) is 7.14. The lowest BCUT2D eigenvalue weighted by molar-refractivity contribution is 0.270. The lowest BCUT2D eigenvalue weighted by Gasteiger charge is -2.22. The van der Waals surface area contributed by atoms with Gasteiger partial charge >= 0.3 is 0 Å². The minimum Gasteiger partial charge on any atom is -0.299 e. The van der Waals surface area contributed by atoms with Crippen LogP contribution < -0.4 is 0 Å². The highest BCUT2D eigenvalue weighted by atomic mass is 79.9. The fourth-order valence-electron chi connectivity index (χ4n) is 1.15. The summed E-state index contributed by atoms with van der Waals surface area (Å²) < 4.78 is 12.6. The summed E-state index contributed by atoms with van der Waals surface area (Å²) in [5.74, 6) is -0.176. The van der Waals surface area contributed by atoms with Gasteiger partial charge in [-0.05, 0) is 31.7 Å². The SMILES string of the molecule is CC(CBr)N(C)Cc1ccc(F)cc1. The van der Waals surface area contributed by atoms with Gasteiger partial charge in [-0.1, -0.05) is 28.1 Å². The van der Waals surface area contributed by atoms with Gasteiger partial charge in [0.15, 0.2) is 0 Å². The first-order chi connectivity index (χ1) is 6.63. The summed E-state index contributed by atoms with van der Waals surface area (Å²) in [5, 5.41) is 0.949. The molecule has 0 spiro atoms. The number of nitrogens with zero attached hydrogens (tertiary/aromatic N) is 1. The van der Waals surface area contributed by atoms with E-state index < -0.39 is 0 Å². The minimum absolute atomic E-state index is 0.176. The van der Waals surface area contributed by atoms with Crippen LogP contribution in [0.1, 0.15) is 12.5 Å². The smallest absolute Gasteiger partial charge is 0.123 e. The molecule has 0 bridgehead atoms. The molecule has 0 radical (unpaired) electrons. The Hall–Kier alpha value is -0.410. The van der Waals surface area contributed by atoms with E-state index in [1.54, 1.807) is 0 Å². The summed E-state index contributed by atoms with van der Waals surface area (Å²) in [6.45, 7) is 3.01. The lowest BCUT2D eigenvalue weighted by Crippen LogP contribution is -2.29. The maximum absolute atomic E-state index is 12.6. The van der Waals surface area contributed by atoms with E-state index in [-0.39, 0.29) is 5.82 Å². The van der Waals surface area contributed by atoms with Crippen molar-refractivity contribution in [3.05, 3.63) is 35.6 Å². The molecule has 1 rings (SSSR count). The van der Waals surface area contributed by atoms with Crippen molar-refractivity contribution < 1.29 is 4.39 Å². The highest BCUT2D eigenvalue weighted by Crippen LogP contribution is 2.08. The normalized spacial score (nSPS) is 13.2. The Bertz CT molecular complexity index is 273. The second-order valence-corrected chi connectivity index (χ2v) is 4.19. The van der Waals surface area contributed by atoms with Crippen LogP contribution in [-0.2, 0) is 6.54 Å². The molecule has 0 aliphatic carbocycles. The molecule has 0 saturated heterocycles. The summed E-state index contributed by atoms with van der Waals surface area (Å²) in [4.78, 5) is 2.22. The van der Waals surface area contributed by atoms with E-state index in [1.807, 2.05) is 12.1 Å². The molecule has 0 amide bonds. The molecule has 1 aromatic rings. The molecule has 1 unspecified atom stereocenters. The van der Waals surface area contributed by atoms with Gasteiger partial charge in [0.25, 0.3) is 0 Å². The molecule has 3 heteroatoms. The Morgan fingerprint density at radius 1 is 1.36 bits per heavy atom. The van der Waals surface area contributed by atoms with Crippen LogP contribution in [0.2, 0.25) is 0 Å². The summed E-state index contributed by atoms with van der Waals surface area (Å²) in [5.41, 5.74) is 1.14. The molecule has 78 valence electrons. The van der Waals surface area contributed by atoms with Crippen LogP contribution in [-0.4, -0.2) is 23.3 Å². The molecule has 0 fully saturated rings. The van der Waals surface area contributed by atoms with Gasteiger partial charge in [0.2, 0.25) is 0 Å². The Morgan fingerprint density at radius 2 is 1.93 bits per heavy atom. The molecule has 0 aliphatic rings. The zero-order valence-electron chi connectivity index (χ0n) is 8.50. The van der Waals surface area contributed by atoms with Gasteiger partial charge in [-0.2, -0.15) is 0 Å². The van der Waals surface area contributed by atoms with Crippen molar-refractivity contribution in [1.29, 1.82) is 0 Å². The van der Waals surface area contributed by atoms with Crippen LogP contribution in [0, 0.1) is 5.82 Å². The first-order valence-corrected chi connectivity index (χ1v) is 5.76. The van der Waals surface area contributed by atoms with Gasteiger partial charge in [0, 0.05) is 17.9 Å². The maximum Gasteiger partial charge on any atom is 0.123 e. The van der Waals surface area contributed by atoms with Gasteiger partial charge in [-0.25, -0.2) is 4.39 Å². The van der Waals surface area contributed by atoms with Crippen LogP contribution in [0.4, 0.5) is 4.39 Å². The van der Waals surface area contributed by atoms with Crippen molar-refractivity contribution in [2.45, 2.75) is 19.5 Å². The van der Waals surface area contributed by atoms with Crippen LogP contribution in [0.15, 0.2) is 24.3 Å². The predicted molar refractivity (Wildman–Crippen MR) is 61.1 cm³/mol. The number of hydrogen-bond donors (Lipinski definition) is 0. The van der Waals surface area contributed by atoms with E-state index in [0.29, 0.717) is 6.04 Å². The van der Waals surface area contributed by atoms with Gasteiger partial charge in [-0.15, -0.1) is 0 Å². The summed E-state index contributed by atoms with van der Waals surface area (Å²) in [6.07, 6.45) is 0. The molecule has 0 N–H and O–H groups in total. The standard InChI is InChI=1S/C11H15BrFN/c1-9(7-12)14(2)8-10-3-5-11(13)6-4-10/h3-6,9H,7-8H2,1-2H3. The number of alkyl halides is 1. The van der Waals surface area contributed by atoms with E-state index in [0.717, 1.165) is 17.4 Å². The van der Waals surface area contributed by atoms with Crippen LogP contribution in [0.25, 0.3) is 0 Å². The van der Waals surface area contributed by atoms with Gasteiger partial charge in [-0.3, -0.25) is 4.90 Å². The number of hydrogen-bond acceptors (Lipinski definition) is 1. The topological polar surface area (TPSA) is 3.24 Å². The van der Waals surface area contributed by atoms with Crippen LogP contribution in [0.3, 0.4) is 0 Å². The monoisotopic (exact) mass is 259 g/mol. The largest absolute Gasteiger partial charge is 0.299 e. The minimum atomic E-state index is -0.176. The van der Waals surface area contributed by atoms with Crippen LogP contribution in [0.5, 0.6) is 0 Å². The Balaban J connectivity index is 2.56. The van der Waals surface area contributed by atoms with E-state index >= 15 is 0 Å². The molecule has 1 atom stereocenters. The van der Waals surface area contributed by atoms with Crippen molar-refractivity contribution in [2.24, 2.45) is 0 Å². The van der Waals surface area contributed by atoms with Gasteiger partial charge in [0.1, 0.15) is 5.82 Å². The molecule has 0 heterocycles. The predicted octanol–water partition coefficient (Wildman–Crippen LogP) is 3.04. The lowest BCUT2D eigenvalue weighted by atomic mass is 10.2. The maximum atomic E-state index is 12.6. The molecule has 0 saturated carbocycles. The average molecular weight is 260 g/mol. The summed E-state index contributed by atoms with van der Waals surface area (Å²) in [7, 11) is 2.06. The average Bonchev–Trinajstić information content (AvgIpc) is 2.20. The Morgan fingerprint density at radius 3 is 2.43 bits per heavy atom. The van der Waals surface area contributed by atoms with Gasteiger partial charge in [0.05, 0.1) is 0 Å². The molecule has 14 heavy (non-hydrogen) atoms. The second kappa shape index (κ2) is 5.47. The summed E-state index contributed by atoms with van der Waals surface area (Å²) >= 11 is 3.44. The number of rotatable bonds is 4. The second-order valence-electron chi connectivity index (χ2n) is 3.54. The zero-order valence-corrected chi connectivity index (χ0v) is 10.1. The zero-order chi connectivity index (χ0) is 10.6. The molecule has 0 aromatic heterocycles. The third-order valence-corrected chi connectivity index (χ3v) is 3.26. The Kier molecular flexibility index (Phi) is 4.55. The van der Waals surface area contributed by atoms with Crippen molar-refractivity contribution >= 4 is 15.9 Å². The Labute approximate surface area is 93.0 Å². The molecule has 1 nitrogen and oxygen atoms in total. The van der Waals surface area contributed by atoms with E-state index in [2.05, 4.69) is 34.8 Å². The number of halogens is 2. The molecular weight excluding hydrogens is 245 g/mol. The third-order valence-electron chi connectivity index (χ3n) is 2.32.